The highest BCUT2D eigenvalue weighted by Crippen LogP contribution is 2.21. The molecule has 84 valence electrons. The van der Waals surface area contributed by atoms with E-state index in [1.807, 2.05) is 25.1 Å². The third-order valence-electron chi connectivity index (χ3n) is 2.77. The van der Waals surface area contributed by atoms with Gasteiger partial charge in [0, 0.05) is 17.8 Å². The number of nitrogens with zero attached hydrogens (tertiary/aromatic N) is 1. The van der Waals surface area contributed by atoms with Gasteiger partial charge in [-0.25, -0.2) is 0 Å². The van der Waals surface area contributed by atoms with Crippen LogP contribution in [0.15, 0.2) is 24.4 Å². The summed E-state index contributed by atoms with van der Waals surface area (Å²) in [6.07, 6.45) is 3.43. The van der Waals surface area contributed by atoms with E-state index in [4.69, 9.17) is 0 Å². The van der Waals surface area contributed by atoms with Gasteiger partial charge in [0.2, 0.25) is 0 Å². The van der Waals surface area contributed by atoms with Crippen molar-refractivity contribution < 1.29 is 5.11 Å². The fourth-order valence-corrected chi connectivity index (χ4v) is 1.60. The van der Waals surface area contributed by atoms with Crippen molar-refractivity contribution >= 4 is 0 Å². The van der Waals surface area contributed by atoms with Crippen molar-refractivity contribution in [2.24, 2.45) is 5.92 Å². The van der Waals surface area contributed by atoms with Crippen molar-refractivity contribution in [2.75, 3.05) is 0 Å². The predicted molar refractivity (Wildman–Crippen MR) is 62.7 cm³/mol. The van der Waals surface area contributed by atoms with Gasteiger partial charge in [-0.15, -0.1) is 0 Å². The maximum Gasteiger partial charge on any atom is 0.0621 e. The van der Waals surface area contributed by atoms with Gasteiger partial charge in [-0.3, -0.25) is 4.98 Å². The molecule has 0 aromatic carbocycles. The lowest BCUT2D eigenvalue weighted by atomic mass is 9.94. The summed E-state index contributed by atoms with van der Waals surface area (Å²) in [6, 6.07) is 5.84. The van der Waals surface area contributed by atoms with E-state index in [-0.39, 0.29) is 12.0 Å². The van der Waals surface area contributed by atoms with Gasteiger partial charge < -0.3 is 5.11 Å². The zero-order valence-electron chi connectivity index (χ0n) is 9.85. The minimum Gasteiger partial charge on any atom is -0.392 e. The van der Waals surface area contributed by atoms with Gasteiger partial charge in [-0.2, -0.15) is 0 Å². The molecule has 2 heteroatoms. The maximum absolute atomic E-state index is 9.98. The lowest BCUT2D eigenvalue weighted by Gasteiger charge is -2.19. The molecule has 1 heterocycles. The van der Waals surface area contributed by atoms with E-state index in [1.165, 1.54) is 0 Å². The molecular weight excluding hydrogens is 186 g/mol. The summed E-state index contributed by atoms with van der Waals surface area (Å²) in [5.41, 5.74) is 0.980. The maximum atomic E-state index is 9.98. The Hall–Kier alpha value is -0.890. The molecule has 1 aromatic rings. The standard InChI is InChI=1S/C13H21NO/c1-10(2)7-8-13(15)11(3)12-6-4-5-9-14-12/h4-6,9-11,13,15H,7-8H2,1-3H3. The molecule has 0 saturated heterocycles. The second-order valence-corrected chi connectivity index (χ2v) is 4.58. The third-order valence-corrected chi connectivity index (χ3v) is 2.77. The fourth-order valence-electron chi connectivity index (χ4n) is 1.60. The molecule has 15 heavy (non-hydrogen) atoms. The molecule has 0 radical (unpaired) electrons. The Kier molecular flexibility index (Phi) is 4.76. The van der Waals surface area contributed by atoms with Gasteiger partial charge in [0.05, 0.1) is 6.10 Å². The van der Waals surface area contributed by atoms with E-state index in [0.717, 1.165) is 18.5 Å². The first-order valence-corrected chi connectivity index (χ1v) is 5.70. The number of hydrogen-bond donors (Lipinski definition) is 1. The number of aromatic nitrogens is 1. The lowest BCUT2D eigenvalue weighted by Crippen LogP contribution is -2.17. The molecule has 1 rings (SSSR count). The van der Waals surface area contributed by atoms with E-state index in [9.17, 15) is 5.11 Å². The number of pyridine rings is 1. The summed E-state index contributed by atoms with van der Waals surface area (Å²) >= 11 is 0. The summed E-state index contributed by atoms with van der Waals surface area (Å²) in [4.78, 5) is 4.27. The Morgan fingerprint density at radius 2 is 1.93 bits per heavy atom. The molecule has 1 N–H and O–H groups in total. The molecule has 0 amide bonds. The largest absolute Gasteiger partial charge is 0.392 e. The van der Waals surface area contributed by atoms with Crippen LogP contribution in [0.1, 0.15) is 45.2 Å². The second kappa shape index (κ2) is 5.86. The van der Waals surface area contributed by atoms with Gasteiger partial charge >= 0.3 is 0 Å². The summed E-state index contributed by atoms with van der Waals surface area (Å²) in [7, 11) is 0. The highest BCUT2D eigenvalue weighted by atomic mass is 16.3. The van der Waals surface area contributed by atoms with Crippen molar-refractivity contribution in [3.63, 3.8) is 0 Å². The van der Waals surface area contributed by atoms with E-state index in [0.29, 0.717) is 5.92 Å². The zero-order valence-corrected chi connectivity index (χ0v) is 9.85. The van der Waals surface area contributed by atoms with Crippen molar-refractivity contribution in [1.82, 2.24) is 4.98 Å². The summed E-state index contributed by atoms with van der Waals surface area (Å²) in [5.74, 6) is 0.778. The van der Waals surface area contributed by atoms with Crippen LogP contribution in [0.25, 0.3) is 0 Å². The second-order valence-electron chi connectivity index (χ2n) is 4.58. The Balaban J connectivity index is 2.49. The summed E-state index contributed by atoms with van der Waals surface area (Å²) < 4.78 is 0. The van der Waals surface area contributed by atoms with Crippen LogP contribution in [0.5, 0.6) is 0 Å². The first kappa shape index (κ1) is 12.2. The van der Waals surface area contributed by atoms with Crippen LogP contribution in [-0.4, -0.2) is 16.2 Å². The van der Waals surface area contributed by atoms with Crippen LogP contribution in [0, 0.1) is 5.92 Å². The lowest BCUT2D eigenvalue weighted by molar-refractivity contribution is 0.131. The number of aliphatic hydroxyl groups excluding tert-OH is 1. The molecule has 0 spiro atoms. The molecular formula is C13H21NO. The molecule has 2 atom stereocenters. The molecule has 0 aliphatic heterocycles. The monoisotopic (exact) mass is 207 g/mol. The first-order valence-electron chi connectivity index (χ1n) is 5.70. The Labute approximate surface area is 92.4 Å². The molecule has 0 aliphatic rings. The fraction of sp³-hybridized carbons (Fsp3) is 0.615. The smallest absolute Gasteiger partial charge is 0.0621 e. The summed E-state index contributed by atoms with van der Waals surface area (Å²) in [6.45, 7) is 6.39. The molecule has 0 fully saturated rings. The first-order chi connectivity index (χ1) is 7.11. The molecule has 1 aromatic heterocycles. The van der Waals surface area contributed by atoms with Crippen LogP contribution in [0.3, 0.4) is 0 Å². The van der Waals surface area contributed by atoms with E-state index >= 15 is 0 Å². The van der Waals surface area contributed by atoms with Gasteiger partial charge in [0.25, 0.3) is 0 Å². The van der Waals surface area contributed by atoms with Crippen molar-refractivity contribution in [2.45, 2.75) is 45.6 Å². The zero-order chi connectivity index (χ0) is 11.3. The Morgan fingerprint density at radius 3 is 2.47 bits per heavy atom. The molecule has 2 nitrogen and oxygen atoms in total. The van der Waals surface area contributed by atoms with Gasteiger partial charge in [0.15, 0.2) is 0 Å². The average Bonchev–Trinajstić information content (AvgIpc) is 2.26. The third kappa shape index (κ3) is 4.00. The summed E-state index contributed by atoms with van der Waals surface area (Å²) in [5, 5.41) is 9.98. The van der Waals surface area contributed by atoms with E-state index < -0.39 is 0 Å². The van der Waals surface area contributed by atoms with Gasteiger partial charge in [-0.05, 0) is 30.9 Å². The molecule has 2 unspecified atom stereocenters. The van der Waals surface area contributed by atoms with Crippen molar-refractivity contribution in [3.05, 3.63) is 30.1 Å². The van der Waals surface area contributed by atoms with Crippen LogP contribution in [-0.2, 0) is 0 Å². The highest BCUT2D eigenvalue weighted by molar-refractivity contribution is 5.09. The average molecular weight is 207 g/mol. The minimum absolute atomic E-state index is 0.130. The molecule has 0 saturated carbocycles. The Bertz CT molecular complexity index is 271. The number of rotatable bonds is 5. The van der Waals surface area contributed by atoms with E-state index in [2.05, 4.69) is 18.8 Å². The number of hydrogen-bond acceptors (Lipinski definition) is 2. The predicted octanol–water partition coefficient (Wildman–Crippen LogP) is 2.98. The van der Waals surface area contributed by atoms with E-state index in [1.54, 1.807) is 6.20 Å². The van der Waals surface area contributed by atoms with Crippen molar-refractivity contribution in [3.8, 4) is 0 Å². The van der Waals surface area contributed by atoms with Crippen LogP contribution in [0.2, 0.25) is 0 Å². The Morgan fingerprint density at radius 1 is 1.20 bits per heavy atom. The topological polar surface area (TPSA) is 33.1 Å². The number of aliphatic hydroxyl groups is 1. The normalized spacial score (nSPS) is 15.3. The minimum atomic E-state index is -0.276. The molecule has 0 aliphatic carbocycles. The van der Waals surface area contributed by atoms with Crippen molar-refractivity contribution in [1.29, 1.82) is 0 Å². The van der Waals surface area contributed by atoms with Gasteiger partial charge in [0.1, 0.15) is 0 Å². The van der Waals surface area contributed by atoms with Crippen LogP contribution >= 0.6 is 0 Å². The highest BCUT2D eigenvalue weighted by Gasteiger charge is 2.17. The van der Waals surface area contributed by atoms with Crippen LogP contribution < -0.4 is 0 Å². The van der Waals surface area contributed by atoms with Crippen LogP contribution in [0.4, 0.5) is 0 Å². The van der Waals surface area contributed by atoms with Gasteiger partial charge in [-0.1, -0.05) is 26.8 Å². The quantitative estimate of drug-likeness (QED) is 0.805. The SMILES string of the molecule is CC(C)CCC(O)C(C)c1ccccn1. The molecule has 0 bridgehead atoms.